The lowest BCUT2D eigenvalue weighted by atomic mass is 10.1. The van der Waals surface area contributed by atoms with Crippen molar-refractivity contribution in [3.05, 3.63) is 40.4 Å². The summed E-state index contributed by atoms with van der Waals surface area (Å²) in [5, 5.41) is 12.6. The van der Waals surface area contributed by atoms with Crippen molar-refractivity contribution in [3.8, 4) is 6.07 Å². The zero-order valence-corrected chi connectivity index (χ0v) is 13.7. The fourth-order valence-electron chi connectivity index (χ4n) is 2.30. The summed E-state index contributed by atoms with van der Waals surface area (Å²) >= 11 is 5.82. The molecule has 1 saturated heterocycles. The number of halogens is 1. The van der Waals surface area contributed by atoms with E-state index in [2.05, 4.69) is 10.2 Å². The Morgan fingerprint density at radius 2 is 2.04 bits per heavy atom. The first-order valence-corrected chi connectivity index (χ1v) is 8.02. The lowest BCUT2D eigenvalue weighted by molar-refractivity contribution is -0.117. The molecule has 0 saturated carbocycles. The zero-order chi connectivity index (χ0) is 16.5. The first kappa shape index (κ1) is 17.5. The smallest absolute Gasteiger partial charge is 0.261 e. The van der Waals surface area contributed by atoms with Gasteiger partial charge < -0.3 is 10.1 Å². The van der Waals surface area contributed by atoms with Gasteiger partial charge in [0.05, 0.1) is 13.2 Å². The molecule has 23 heavy (non-hydrogen) atoms. The number of hydrogen-bond donors (Lipinski definition) is 1. The number of ether oxygens (including phenoxy) is 1. The predicted molar refractivity (Wildman–Crippen MR) is 89.9 cm³/mol. The van der Waals surface area contributed by atoms with Crippen LogP contribution in [0, 0.1) is 11.3 Å². The molecule has 1 aliphatic heterocycles. The van der Waals surface area contributed by atoms with E-state index in [0.717, 1.165) is 44.8 Å². The molecule has 0 aliphatic carbocycles. The number of nitriles is 1. The summed E-state index contributed by atoms with van der Waals surface area (Å²) < 4.78 is 5.29. The fraction of sp³-hybridized carbons (Fsp3) is 0.412. The van der Waals surface area contributed by atoms with Crippen LogP contribution in [0.25, 0.3) is 6.08 Å². The van der Waals surface area contributed by atoms with Gasteiger partial charge in [-0.25, -0.2) is 0 Å². The summed E-state index contributed by atoms with van der Waals surface area (Å²) in [6.07, 6.45) is 2.42. The van der Waals surface area contributed by atoms with Crippen molar-refractivity contribution in [3.63, 3.8) is 0 Å². The highest BCUT2D eigenvalue weighted by Gasteiger charge is 2.11. The van der Waals surface area contributed by atoms with Gasteiger partial charge in [-0.3, -0.25) is 9.69 Å². The number of carbonyl (C=O) groups excluding carboxylic acids is 1. The number of nitrogens with one attached hydrogen (secondary N) is 1. The molecule has 1 aliphatic rings. The Kier molecular flexibility index (Phi) is 7.08. The van der Waals surface area contributed by atoms with Crippen LogP contribution in [0.4, 0.5) is 0 Å². The number of carbonyl (C=O) groups is 1. The summed E-state index contributed by atoms with van der Waals surface area (Å²) in [5.74, 6) is -0.343. The molecule has 0 radical (unpaired) electrons. The molecule has 122 valence electrons. The molecule has 0 bridgehead atoms. The third-order valence-electron chi connectivity index (χ3n) is 3.59. The number of benzene rings is 1. The van der Waals surface area contributed by atoms with E-state index >= 15 is 0 Å². The molecule has 0 unspecified atom stereocenters. The van der Waals surface area contributed by atoms with Crippen LogP contribution in [0.5, 0.6) is 0 Å². The number of morpholine rings is 1. The van der Waals surface area contributed by atoms with Gasteiger partial charge in [-0.15, -0.1) is 0 Å². The predicted octanol–water partition coefficient (Wildman–Crippen LogP) is 2.09. The number of hydrogen-bond acceptors (Lipinski definition) is 4. The van der Waals surface area contributed by atoms with Crippen molar-refractivity contribution >= 4 is 23.6 Å². The van der Waals surface area contributed by atoms with E-state index in [4.69, 9.17) is 21.6 Å². The van der Waals surface area contributed by atoms with Crippen molar-refractivity contribution in [2.24, 2.45) is 0 Å². The first-order valence-electron chi connectivity index (χ1n) is 7.65. The van der Waals surface area contributed by atoms with Gasteiger partial charge in [-0.2, -0.15) is 5.26 Å². The van der Waals surface area contributed by atoms with Gasteiger partial charge in [0.15, 0.2) is 0 Å². The number of amides is 1. The van der Waals surface area contributed by atoms with E-state index in [1.807, 2.05) is 6.07 Å². The van der Waals surface area contributed by atoms with Crippen molar-refractivity contribution in [2.45, 2.75) is 6.42 Å². The summed E-state index contributed by atoms with van der Waals surface area (Å²) in [5.41, 5.74) is 0.869. The molecular formula is C17H20ClN3O2. The minimum absolute atomic E-state index is 0.0960. The second kappa shape index (κ2) is 9.31. The second-order valence-electron chi connectivity index (χ2n) is 5.28. The fourth-order valence-corrected chi connectivity index (χ4v) is 2.42. The lowest BCUT2D eigenvalue weighted by Gasteiger charge is -2.26. The monoisotopic (exact) mass is 333 g/mol. The van der Waals surface area contributed by atoms with Gasteiger partial charge >= 0.3 is 0 Å². The highest BCUT2D eigenvalue weighted by molar-refractivity contribution is 6.30. The third-order valence-corrected chi connectivity index (χ3v) is 3.84. The quantitative estimate of drug-likeness (QED) is 0.492. The van der Waals surface area contributed by atoms with Gasteiger partial charge in [-0.05, 0) is 36.7 Å². The molecule has 6 heteroatoms. The SMILES string of the molecule is N#CC(=Cc1ccc(Cl)cc1)C(=O)NCCCN1CCOCC1. The van der Waals surface area contributed by atoms with E-state index in [-0.39, 0.29) is 11.5 Å². The van der Waals surface area contributed by atoms with Crippen LogP contribution in [0.3, 0.4) is 0 Å². The highest BCUT2D eigenvalue weighted by atomic mass is 35.5. The number of rotatable bonds is 6. The average molecular weight is 334 g/mol. The highest BCUT2D eigenvalue weighted by Crippen LogP contribution is 2.12. The van der Waals surface area contributed by atoms with Crippen molar-refractivity contribution < 1.29 is 9.53 Å². The van der Waals surface area contributed by atoms with Gasteiger partial charge in [-0.1, -0.05) is 23.7 Å². The normalized spacial score (nSPS) is 15.9. The average Bonchev–Trinajstić information content (AvgIpc) is 2.59. The molecule has 0 spiro atoms. The molecule has 5 nitrogen and oxygen atoms in total. The Hall–Kier alpha value is -1.87. The van der Waals surface area contributed by atoms with Crippen LogP contribution in [0.15, 0.2) is 29.8 Å². The first-order chi connectivity index (χ1) is 11.2. The molecule has 1 heterocycles. The maximum absolute atomic E-state index is 12.0. The van der Waals surface area contributed by atoms with Gasteiger partial charge in [0.25, 0.3) is 5.91 Å². The molecule has 0 aromatic heterocycles. The molecular weight excluding hydrogens is 314 g/mol. The van der Waals surface area contributed by atoms with Crippen LogP contribution in [-0.2, 0) is 9.53 Å². The molecule has 0 atom stereocenters. The Labute approximate surface area is 141 Å². The summed E-state index contributed by atoms with van der Waals surface area (Å²) in [7, 11) is 0. The minimum Gasteiger partial charge on any atom is -0.379 e. The minimum atomic E-state index is -0.343. The summed E-state index contributed by atoms with van der Waals surface area (Å²) in [6, 6.07) is 8.93. The summed E-state index contributed by atoms with van der Waals surface area (Å²) in [4.78, 5) is 14.3. The van der Waals surface area contributed by atoms with E-state index in [1.165, 1.54) is 0 Å². The largest absolute Gasteiger partial charge is 0.379 e. The van der Waals surface area contributed by atoms with Gasteiger partial charge in [0.2, 0.25) is 0 Å². The molecule has 1 N–H and O–H groups in total. The van der Waals surface area contributed by atoms with Crippen LogP contribution < -0.4 is 5.32 Å². The van der Waals surface area contributed by atoms with Crippen LogP contribution >= 0.6 is 11.6 Å². The Morgan fingerprint density at radius 1 is 1.35 bits per heavy atom. The Bertz CT molecular complexity index is 587. The van der Waals surface area contributed by atoms with Gasteiger partial charge in [0.1, 0.15) is 11.6 Å². The van der Waals surface area contributed by atoms with E-state index in [1.54, 1.807) is 30.3 Å². The Morgan fingerprint density at radius 3 is 2.70 bits per heavy atom. The third kappa shape index (κ3) is 6.03. The number of nitrogens with zero attached hydrogens (tertiary/aromatic N) is 2. The standard InChI is InChI=1S/C17H20ClN3O2/c18-16-4-2-14(3-5-16)12-15(13-19)17(22)20-6-1-7-21-8-10-23-11-9-21/h2-5,12H,1,6-11H2,(H,20,22). The second-order valence-corrected chi connectivity index (χ2v) is 5.72. The lowest BCUT2D eigenvalue weighted by Crippen LogP contribution is -2.38. The van der Waals surface area contributed by atoms with Crippen molar-refractivity contribution in [2.75, 3.05) is 39.4 Å². The maximum Gasteiger partial charge on any atom is 0.261 e. The van der Waals surface area contributed by atoms with Crippen molar-refractivity contribution in [1.29, 1.82) is 5.26 Å². The van der Waals surface area contributed by atoms with Crippen LogP contribution in [0.1, 0.15) is 12.0 Å². The van der Waals surface area contributed by atoms with Crippen LogP contribution in [0.2, 0.25) is 5.02 Å². The molecule has 1 amide bonds. The van der Waals surface area contributed by atoms with E-state index in [0.29, 0.717) is 11.6 Å². The van der Waals surface area contributed by atoms with Gasteiger partial charge in [0, 0.05) is 24.7 Å². The molecule has 2 rings (SSSR count). The summed E-state index contributed by atoms with van der Waals surface area (Å²) in [6.45, 7) is 4.90. The van der Waals surface area contributed by atoms with Crippen molar-refractivity contribution in [1.82, 2.24) is 10.2 Å². The zero-order valence-electron chi connectivity index (χ0n) is 12.9. The molecule has 1 fully saturated rings. The molecule has 1 aromatic rings. The molecule has 1 aromatic carbocycles. The van der Waals surface area contributed by atoms with Crippen LogP contribution in [-0.4, -0.2) is 50.2 Å². The maximum atomic E-state index is 12.0. The Balaban J connectivity index is 1.78. The topological polar surface area (TPSA) is 65.4 Å². The van der Waals surface area contributed by atoms with E-state index < -0.39 is 0 Å². The van der Waals surface area contributed by atoms with E-state index in [9.17, 15) is 4.79 Å².